The second-order valence-electron chi connectivity index (χ2n) is 7.17. The Balaban J connectivity index is 1.25. The normalized spacial score (nSPS) is 21.1. The van der Waals surface area contributed by atoms with E-state index in [1.165, 1.54) is 5.56 Å². The van der Waals surface area contributed by atoms with Gasteiger partial charge in [-0.1, -0.05) is 30.3 Å². The van der Waals surface area contributed by atoms with Crippen molar-refractivity contribution >= 4 is 5.91 Å². The van der Waals surface area contributed by atoms with Crippen LogP contribution in [-0.2, 0) is 24.1 Å². The average Bonchev–Trinajstić information content (AvgIpc) is 3.15. The fourth-order valence-electron chi connectivity index (χ4n) is 3.99. The molecule has 1 amide bonds. The van der Waals surface area contributed by atoms with Crippen molar-refractivity contribution in [2.24, 2.45) is 5.92 Å². The number of amides is 1. The lowest BCUT2D eigenvalue weighted by molar-refractivity contribution is -0.137. The summed E-state index contributed by atoms with van der Waals surface area (Å²) in [7, 11) is 0. The molecule has 1 atom stereocenters. The molecule has 132 valence electrons. The highest BCUT2D eigenvalue weighted by molar-refractivity contribution is 5.79. The summed E-state index contributed by atoms with van der Waals surface area (Å²) >= 11 is 0. The van der Waals surface area contributed by atoms with Gasteiger partial charge in [0.2, 0.25) is 5.91 Å². The van der Waals surface area contributed by atoms with Crippen molar-refractivity contribution in [3.05, 3.63) is 53.6 Å². The maximum absolute atomic E-state index is 12.8. The molecular formula is C20H26N4O. The van der Waals surface area contributed by atoms with E-state index in [0.29, 0.717) is 5.91 Å². The van der Waals surface area contributed by atoms with Crippen molar-refractivity contribution in [2.45, 2.75) is 25.7 Å². The summed E-state index contributed by atoms with van der Waals surface area (Å²) in [6, 6.07) is 10.6. The van der Waals surface area contributed by atoms with Gasteiger partial charge in [-0.05, 0) is 24.8 Å². The number of carbonyl (C=O) groups excluding carboxylic acids is 1. The number of aromatic nitrogens is 2. The van der Waals surface area contributed by atoms with Gasteiger partial charge in [0.15, 0.2) is 0 Å². The standard InChI is InChI=1S/C20H26N4O/c25-20(17-6-7-18-19(14-17)22-15-21-18)24-12-10-23(11-13-24)9-8-16-4-2-1-3-5-16/h1-5,15,17H,6-14H2,(H,21,22)/t17-/m0/s1. The molecule has 0 unspecified atom stereocenters. The Hall–Kier alpha value is -2.14. The quantitative estimate of drug-likeness (QED) is 0.926. The van der Waals surface area contributed by atoms with Crippen molar-refractivity contribution < 1.29 is 4.79 Å². The molecule has 0 spiro atoms. The van der Waals surface area contributed by atoms with Gasteiger partial charge in [0, 0.05) is 50.8 Å². The molecule has 1 aromatic carbocycles. The summed E-state index contributed by atoms with van der Waals surface area (Å²) in [5.74, 6) is 0.465. The average molecular weight is 338 g/mol. The highest BCUT2D eigenvalue weighted by Gasteiger charge is 2.31. The van der Waals surface area contributed by atoms with Crippen LogP contribution in [0.4, 0.5) is 0 Å². The molecule has 2 heterocycles. The molecular weight excluding hydrogens is 312 g/mol. The molecule has 1 aromatic heterocycles. The van der Waals surface area contributed by atoms with E-state index < -0.39 is 0 Å². The summed E-state index contributed by atoms with van der Waals surface area (Å²) < 4.78 is 0. The lowest BCUT2D eigenvalue weighted by Crippen LogP contribution is -2.51. The topological polar surface area (TPSA) is 52.2 Å². The predicted molar refractivity (Wildman–Crippen MR) is 97.3 cm³/mol. The number of hydrogen-bond donors (Lipinski definition) is 1. The van der Waals surface area contributed by atoms with Crippen LogP contribution in [0.2, 0.25) is 0 Å². The summed E-state index contributed by atoms with van der Waals surface area (Å²) in [4.78, 5) is 24.9. The Morgan fingerprint density at radius 2 is 1.96 bits per heavy atom. The highest BCUT2D eigenvalue weighted by atomic mass is 16.2. The molecule has 0 saturated carbocycles. The first-order valence-electron chi connectivity index (χ1n) is 9.36. The molecule has 1 aliphatic heterocycles. The van der Waals surface area contributed by atoms with Gasteiger partial charge in [-0.3, -0.25) is 9.69 Å². The molecule has 0 bridgehead atoms. The number of piperazine rings is 1. The largest absolute Gasteiger partial charge is 0.348 e. The van der Waals surface area contributed by atoms with E-state index in [9.17, 15) is 4.79 Å². The first kappa shape index (κ1) is 16.3. The van der Waals surface area contributed by atoms with Gasteiger partial charge in [0.1, 0.15) is 0 Å². The van der Waals surface area contributed by atoms with Gasteiger partial charge in [-0.15, -0.1) is 0 Å². The minimum absolute atomic E-state index is 0.129. The Kier molecular flexibility index (Phi) is 4.83. The summed E-state index contributed by atoms with van der Waals surface area (Å²) in [6.07, 6.45) is 5.52. The predicted octanol–water partition coefficient (Wildman–Crippen LogP) is 1.90. The Morgan fingerprint density at radius 1 is 1.16 bits per heavy atom. The number of aryl methyl sites for hydroxylation is 1. The van der Waals surface area contributed by atoms with Crippen molar-refractivity contribution in [2.75, 3.05) is 32.7 Å². The van der Waals surface area contributed by atoms with Crippen molar-refractivity contribution in [3.8, 4) is 0 Å². The van der Waals surface area contributed by atoms with Gasteiger partial charge in [-0.2, -0.15) is 0 Å². The lowest BCUT2D eigenvalue weighted by atomic mass is 9.88. The van der Waals surface area contributed by atoms with Crippen LogP contribution in [0.5, 0.6) is 0 Å². The van der Waals surface area contributed by atoms with E-state index in [2.05, 4.69) is 50.1 Å². The van der Waals surface area contributed by atoms with Crippen molar-refractivity contribution in [3.63, 3.8) is 0 Å². The second-order valence-corrected chi connectivity index (χ2v) is 7.17. The van der Waals surface area contributed by atoms with Crippen molar-refractivity contribution in [1.29, 1.82) is 0 Å². The Morgan fingerprint density at radius 3 is 2.76 bits per heavy atom. The zero-order valence-electron chi connectivity index (χ0n) is 14.7. The monoisotopic (exact) mass is 338 g/mol. The molecule has 1 saturated heterocycles. The molecule has 2 aliphatic rings. The number of fused-ring (bicyclic) bond motifs is 1. The van der Waals surface area contributed by atoms with Crippen LogP contribution in [0.15, 0.2) is 36.7 Å². The van der Waals surface area contributed by atoms with E-state index in [4.69, 9.17) is 0 Å². The maximum Gasteiger partial charge on any atom is 0.226 e. The van der Waals surface area contributed by atoms with Gasteiger partial charge >= 0.3 is 0 Å². The molecule has 5 heteroatoms. The molecule has 2 aromatic rings. The van der Waals surface area contributed by atoms with Gasteiger partial charge in [0.05, 0.1) is 12.0 Å². The number of nitrogens with zero attached hydrogens (tertiary/aromatic N) is 3. The lowest BCUT2D eigenvalue weighted by Gasteiger charge is -2.37. The number of imidazole rings is 1. The first-order valence-corrected chi connectivity index (χ1v) is 9.36. The third-order valence-corrected chi connectivity index (χ3v) is 5.58. The van der Waals surface area contributed by atoms with Crippen LogP contribution in [0.25, 0.3) is 0 Å². The SMILES string of the molecule is O=C([C@H]1CCc2nc[nH]c2C1)N1CCN(CCc2ccccc2)CC1. The molecule has 1 fully saturated rings. The number of nitrogens with one attached hydrogen (secondary N) is 1. The highest BCUT2D eigenvalue weighted by Crippen LogP contribution is 2.25. The fraction of sp³-hybridized carbons (Fsp3) is 0.500. The minimum Gasteiger partial charge on any atom is -0.348 e. The molecule has 25 heavy (non-hydrogen) atoms. The van der Waals surface area contributed by atoms with Crippen LogP contribution in [0, 0.1) is 5.92 Å². The Bertz CT molecular complexity index is 703. The maximum atomic E-state index is 12.8. The first-order chi connectivity index (χ1) is 12.3. The molecule has 5 nitrogen and oxygen atoms in total. The molecule has 1 N–H and O–H groups in total. The summed E-state index contributed by atoms with van der Waals surface area (Å²) in [5.41, 5.74) is 3.69. The van der Waals surface area contributed by atoms with Crippen LogP contribution in [0.3, 0.4) is 0 Å². The smallest absolute Gasteiger partial charge is 0.226 e. The van der Waals surface area contributed by atoms with Gasteiger partial charge < -0.3 is 9.88 Å². The van der Waals surface area contributed by atoms with E-state index in [1.54, 1.807) is 6.33 Å². The number of aromatic amines is 1. The number of hydrogen-bond acceptors (Lipinski definition) is 3. The van der Waals surface area contributed by atoms with Gasteiger partial charge in [0.25, 0.3) is 0 Å². The van der Waals surface area contributed by atoms with E-state index in [1.807, 2.05) is 0 Å². The summed E-state index contributed by atoms with van der Waals surface area (Å²) in [5, 5.41) is 0. The van der Waals surface area contributed by atoms with E-state index in [0.717, 1.165) is 69.8 Å². The minimum atomic E-state index is 0.129. The van der Waals surface area contributed by atoms with Crippen molar-refractivity contribution in [1.82, 2.24) is 19.8 Å². The Labute approximate surface area is 149 Å². The number of benzene rings is 1. The summed E-state index contributed by atoms with van der Waals surface area (Å²) in [6.45, 7) is 4.77. The fourth-order valence-corrected chi connectivity index (χ4v) is 3.99. The second kappa shape index (κ2) is 7.40. The molecule has 1 aliphatic carbocycles. The zero-order valence-corrected chi connectivity index (χ0v) is 14.7. The van der Waals surface area contributed by atoms with E-state index >= 15 is 0 Å². The number of H-pyrrole nitrogens is 1. The van der Waals surface area contributed by atoms with E-state index in [-0.39, 0.29) is 5.92 Å². The third-order valence-electron chi connectivity index (χ3n) is 5.58. The third kappa shape index (κ3) is 3.76. The molecule has 4 rings (SSSR count). The number of rotatable bonds is 4. The van der Waals surface area contributed by atoms with Crippen LogP contribution in [0.1, 0.15) is 23.4 Å². The zero-order chi connectivity index (χ0) is 17.1. The van der Waals surface area contributed by atoms with Crippen LogP contribution >= 0.6 is 0 Å². The van der Waals surface area contributed by atoms with Crippen LogP contribution < -0.4 is 0 Å². The van der Waals surface area contributed by atoms with Crippen LogP contribution in [-0.4, -0.2) is 58.4 Å². The van der Waals surface area contributed by atoms with Gasteiger partial charge in [-0.25, -0.2) is 4.98 Å². The number of carbonyl (C=O) groups is 1. The molecule has 0 radical (unpaired) electrons.